The van der Waals surface area contributed by atoms with Crippen LogP contribution in [0, 0.1) is 0 Å². The number of likely N-dealkylation sites (N-methyl/N-ethyl adjacent to an activating group) is 1. The third-order valence-corrected chi connectivity index (χ3v) is 4.99. The number of benzene rings is 1. The Morgan fingerprint density at radius 2 is 2.16 bits per heavy atom. The van der Waals surface area contributed by atoms with E-state index >= 15 is 0 Å². The van der Waals surface area contributed by atoms with Crippen LogP contribution in [0.3, 0.4) is 0 Å². The smallest absolute Gasteiger partial charge is 0.266 e. The molecule has 0 N–H and O–H groups in total. The van der Waals surface area contributed by atoms with E-state index in [4.69, 9.17) is 12.2 Å². The number of thiocarbonyl (C=S) groups is 1. The second-order valence-electron chi connectivity index (χ2n) is 4.81. The highest BCUT2D eigenvalue weighted by atomic mass is 32.2. The Bertz CT molecular complexity index is 592. The summed E-state index contributed by atoms with van der Waals surface area (Å²) in [7, 11) is 0. The summed E-state index contributed by atoms with van der Waals surface area (Å²) in [5.41, 5.74) is 4.00. The highest BCUT2D eigenvalue weighted by Gasteiger charge is 2.30. The van der Waals surface area contributed by atoms with E-state index in [1.54, 1.807) is 4.90 Å². The van der Waals surface area contributed by atoms with E-state index in [0.717, 1.165) is 16.9 Å². The quantitative estimate of drug-likeness (QED) is 0.615. The third kappa shape index (κ3) is 2.35. The normalized spacial score (nSPS) is 20.5. The van der Waals surface area contributed by atoms with Crippen LogP contribution >= 0.6 is 24.0 Å². The molecule has 1 aliphatic carbocycles. The fourth-order valence-electron chi connectivity index (χ4n) is 2.61. The predicted molar refractivity (Wildman–Crippen MR) is 84.0 cm³/mol. The first-order valence-corrected chi connectivity index (χ1v) is 7.78. The maximum atomic E-state index is 12.1. The van der Waals surface area contributed by atoms with E-state index in [-0.39, 0.29) is 5.91 Å². The Balaban J connectivity index is 1.90. The van der Waals surface area contributed by atoms with Crippen LogP contribution in [-0.4, -0.2) is 21.7 Å². The molecule has 0 aromatic heterocycles. The Morgan fingerprint density at radius 1 is 1.37 bits per heavy atom. The number of fused-ring (bicyclic) bond motifs is 1. The summed E-state index contributed by atoms with van der Waals surface area (Å²) in [6.45, 7) is 2.59. The van der Waals surface area contributed by atoms with Gasteiger partial charge in [0.1, 0.15) is 4.32 Å². The molecule has 3 rings (SSSR count). The van der Waals surface area contributed by atoms with Gasteiger partial charge in [0.25, 0.3) is 5.91 Å². The second-order valence-corrected chi connectivity index (χ2v) is 6.48. The van der Waals surface area contributed by atoms with Crippen LogP contribution in [0.25, 0.3) is 6.08 Å². The van der Waals surface area contributed by atoms with Crippen molar-refractivity contribution in [2.75, 3.05) is 6.54 Å². The van der Waals surface area contributed by atoms with Gasteiger partial charge in [0, 0.05) is 6.54 Å². The summed E-state index contributed by atoms with van der Waals surface area (Å²) in [5, 5.41) is 0. The highest BCUT2D eigenvalue weighted by molar-refractivity contribution is 8.26. The SMILES string of the molecule is CCN1C(=O)C(=Cc2ccc3c(c2)CCC3)SC1=S. The number of rotatable bonds is 2. The highest BCUT2D eigenvalue weighted by Crippen LogP contribution is 2.33. The standard InChI is InChI=1S/C15H15NOS2/c1-2-16-14(17)13(19-15(16)18)9-10-6-7-11-4-3-5-12(11)8-10/h6-9H,2-5H2,1H3. The summed E-state index contributed by atoms with van der Waals surface area (Å²) in [6.07, 6.45) is 5.56. The van der Waals surface area contributed by atoms with Crippen LogP contribution in [-0.2, 0) is 17.6 Å². The van der Waals surface area contributed by atoms with Crippen LogP contribution in [0.5, 0.6) is 0 Å². The van der Waals surface area contributed by atoms with Gasteiger partial charge in [0.15, 0.2) is 0 Å². The predicted octanol–water partition coefficient (Wildman–Crippen LogP) is 3.40. The van der Waals surface area contributed by atoms with Crippen molar-refractivity contribution in [3.05, 3.63) is 39.8 Å². The number of aryl methyl sites for hydroxylation is 2. The Kier molecular flexibility index (Phi) is 3.46. The summed E-state index contributed by atoms with van der Waals surface area (Å²) >= 11 is 6.62. The monoisotopic (exact) mass is 289 g/mol. The molecule has 0 saturated carbocycles. The molecule has 98 valence electrons. The lowest BCUT2D eigenvalue weighted by molar-refractivity contribution is -0.121. The number of hydrogen-bond donors (Lipinski definition) is 0. The van der Waals surface area contributed by atoms with Crippen LogP contribution < -0.4 is 0 Å². The lowest BCUT2D eigenvalue weighted by atomic mass is 10.1. The lowest BCUT2D eigenvalue weighted by Crippen LogP contribution is -2.27. The van der Waals surface area contributed by atoms with Crippen molar-refractivity contribution in [2.45, 2.75) is 26.2 Å². The minimum absolute atomic E-state index is 0.0398. The Morgan fingerprint density at radius 3 is 2.89 bits per heavy atom. The Labute approximate surface area is 122 Å². The van der Waals surface area contributed by atoms with Crippen LogP contribution in [0.4, 0.5) is 0 Å². The molecule has 1 fully saturated rings. The van der Waals surface area contributed by atoms with Gasteiger partial charge in [0.2, 0.25) is 0 Å². The molecule has 2 nitrogen and oxygen atoms in total. The van der Waals surface area contributed by atoms with Gasteiger partial charge in [-0.3, -0.25) is 9.69 Å². The average molecular weight is 289 g/mol. The molecule has 0 spiro atoms. The minimum atomic E-state index is 0.0398. The molecule has 0 unspecified atom stereocenters. The maximum Gasteiger partial charge on any atom is 0.266 e. The van der Waals surface area contributed by atoms with Gasteiger partial charge >= 0.3 is 0 Å². The van der Waals surface area contributed by atoms with Gasteiger partial charge in [-0.15, -0.1) is 0 Å². The first-order chi connectivity index (χ1) is 9.19. The number of amides is 1. The van der Waals surface area contributed by atoms with Crippen LogP contribution in [0.2, 0.25) is 0 Å². The maximum absolute atomic E-state index is 12.1. The summed E-state index contributed by atoms with van der Waals surface area (Å²) in [4.78, 5) is 14.5. The summed E-state index contributed by atoms with van der Waals surface area (Å²) in [5.74, 6) is 0.0398. The zero-order chi connectivity index (χ0) is 13.4. The molecule has 4 heteroatoms. The van der Waals surface area contributed by atoms with Crippen molar-refractivity contribution in [2.24, 2.45) is 0 Å². The first kappa shape index (κ1) is 12.9. The number of thioether (sulfide) groups is 1. The van der Waals surface area contributed by atoms with E-state index in [1.165, 1.54) is 35.7 Å². The number of hydrogen-bond acceptors (Lipinski definition) is 3. The lowest BCUT2D eigenvalue weighted by Gasteiger charge is -2.09. The van der Waals surface area contributed by atoms with Gasteiger partial charge in [-0.05, 0) is 49.0 Å². The van der Waals surface area contributed by atoms with Gasteiger partial charge in [0.05, 0.1) is 4.91 Å². The van der Waals surface area contributed by atoms with E-state index in [2.05, 4.69) is 18.2 Å². The van der Waals surface area contributed by atoms with E-state index in [0.29, 0.717) is 10.9 Å². The van der Waals surface area contributed by atoms with Crippen LogP contribution in [0.1, 0.15) is 30.0 Å². The zero-order valence-corrected chi connectivity index (χ0v) is 12.4. The fourth-order valence-corrected chi connectivity index (χ4v) is 3.99. The minimum Gasteiger partial charge on any atom is -0.293 e. The topological polar surface area (TPSA) is 20.3 Å². The third-order valence-electron chi connectivity index (χ3n) is 3.61. The average Bonchev–Trinajstić information content (AvgIpc) is 2.95. The molecular weight excluding hydrogens is 274 g/mol. The van der Waals surface area contributed by atoms with Crippen molar-refractivity contribution >= 4 is 40.3 Å². The van der Waals surface area contributed by atoms with Gasteiger partial charge in [-0.2, -0.15) is 0 Å². The summed E-state index contributed by atoms with van der Waals surface area (Å²) < 4.78 is 0.667. The summed E-state index contributed by atoms with van der Waals surface area (Å²) in [6, 6.07) is 6.50. The molecule has 1 amide bonds. The molecule has 1 heterocycles. The molecule has 0 bridgehead atoms. The van der Waals surface area contributed by atoms with Crippen molar-refractivity contribution in [3.63, 3.8) is 0 Å². The molecule has 0 atom stereocenters. The van der Waals surface area contributed by atoms with Crippen molar-refractivity contribution < 1.29 is 4.79 Å². The molecule has 1 aromatic carbocycles. The molecule has 0 radical (unpaired) electrons. The molecule has 2 aliphatic rings. The van der Waals surface area contributed by atoms with E-state index < -0.39 is 0 Å². The van der Waals surface area contributed by atoms with Crippen molar-refractivity contribution in [1.29, 1.82) is 0 Å². The van der Waals surface area contributed by atoms with E-state index in [1.807, 2.05) is 13.0 Å². The van der Waals surface area contributed by atoms with Gasteiger partial charge in [-0.25, -0.2) is 0 Å². The van der Waals surface area contributed by atoms with Gasteiger partial charge < -0.3 is 0 Å². The number of nitrogens with zero attached hydrogens (tertiary/aromatic N) is 1. The number of carbonyl (C=O) groups excluding carboxylic acids is 1. The van der Waals surface area contributed by atoms with Gasteiger partial charge in [-0.1, -0.05) is 42.2 Å². The van der Waals surface area contributed by atoms with Crippen molar-refractivity contribution in [3.8, 4) is 0 Å². The van der Waals surface area contributed by atoms with Crippen molar-refractivity contribution in [1.82, 2.24) is 4.90 Å². The molecule has 1 aromatic rings. The zero-order valence-electron chi connectivity index (χ0n) is 10.8. The van der Waals surface area contributed by atoms with E-state index in [9.17, 15) is 4.79 Å². The number of carbonyl (C=O) groups is 1. The molecule has 19 heavy (non-hydrogen) atoms. The second kappa shape index (κ2) is 5.10. The Hall–Kier alpha value is -1.13. The fraction of sp³-hybridized carbons (Fsp3) is 0.333. The first-order valence-electron chi connectivity index (χ1n) is 6.56. The largest absolute Gasteiger partial charge is 0.293 e. The molecule has 1 saturated heterocycles. The van der Waals surface area contributed by atoms with Crippen LogP contribution in [0.15, 0.2) is 23.1 Å². The molecular formula is C15H15NOS2. The molecule has 1 aliphatic heterocycles.